The lowest BCUT2D eigenvalue weighted by molar-refractivity contribution is -0.140. The van der Waals surface area contributed by atoms with Gasteiger partial charge in [-0.15, -0.1) is 0 Å². The van der Waals surface area contributed by atoms with E-state index in [0.717, 1.165) is 12.3 Å². The molecule has 1 saturated heterocycles. The summed E-state index contributed by atoms with van der Waals surface area (Å²) in [5, 5.41) is 18.3. The van der Waals surface area contributed by atoms with Crippen molar-refractivity contribution >= 4 is 5.97 Å². The molecular weight excluding hydrogens is 256 g/mol. The van der Waals surface area contributed by atoms with E-state index in [2.05, 4.69) is 4.74 Å². The monoisotopic (exact) mass is 276 g/mol. The Bertz CT molecular complexity index is 286. The van der Waals surface area contributed by atoms with E-state index in [1.54, 1.807) is 0 Å². The molecule has 3 atom stereocenters. The van der Waals surface area contributed by atoms with Gasteiger partial charge in [-0.25, -0.2) is 4.79 Å². The van der Waals surface area contributed by atoms with Gasteiger partial charge in [0.2, 0.25) is 0 Å². The van der Waals surface area contributed by atoms with Gasteiger partial charge in [0.15, 0.2) is 0 Å². The quantitative estimate of drug-likeness (QED) is 0.234. The number of aliphatic hydroxyl groups is 2. The van der Waals surface area contributed by atoms with Crippen LogP contribution in [0.25, 0.3) is 0 Å². The summed E-state index contributed by atoms with van der Waals surface area (Å²) in [6.45, 7) is 2.80. The maximum Gasteiger partial charge on any atom is 0.333 e. The second-order valence-electron chi connectivity index (χ2n) is 4.26. The summed E-state index contributed by atoms with van der Waals surface area (Å²) < 4.78 is 19.7. The van der Waals surface area contributed by atoms with Crippen LogP contribution in [-0.4, -0.2) is 67.5 Å². The van der Waals surface area contributed by atoms with Crippen LogP contribution in [0, 0.1) is 0 Å². The van der Waals surface area contributed by atoms with Gasteiger partial charge in [0.05, 0.1) is 38.3 Å². The molecule has 0 aromatic rings. The third kappa shape index (κ3) is 9.43. The van der Waals surface area contributed by atoms with Crippen molar-refractivity contribution in [1.82, 2.24) is 0 Å². The molecule has 0 aromatic heterocycles. The molecule has 0 aromatic carbocycles. The lowest BCUT2D eigenvalue weighted by Crippen LogP contribution is -2.22. The SMILES string of the molecule is CC(O)COC(=O)C=COCC(O)COCC1CO1. The van der Waals surface area contributed by atoms with Crippen LogP contribution in [0.3, 0.4) is 0 Å². The maximum absolute atomic E-state index is 11.0. The molecular formula is C12H20O7. The molecule has 1 aliphatic heterocycles. The molecule has 0 saturated carbocycles. The molecule has 0 radical (unpaired) electrons. The molecule has 3 unspecified atom stereocenters. The fraction of sp³-hybridized carbons (Fsp3) is 0.750. The number of hydrogen-bond acceptors (Lipinski definition) is 7. The van der Waals surface area contributed by atoms with Gasteiger partial charge in [-0.1, -0.05) is 0 Å². The lowest BCUT2D eigenvalue weighted by atomic mass is 10.4. The molecule has 1 heterocycles. The molecule has 1 rings (SSSR count). The van der Waals surface area contributed by atoms with Crippen LogP contribution in [0.5, 0.6) is 0 Å². The van der Waals surface area contributed by atoms with Crippen LogP contribution < -0.4 is 0 Å². The number of epoxide rings is 1. The Morgan fingerprint density at radius 1 is 1.42 bits per heavy atom. The second kappa shape index (κ2) is 8.87. The van der Waals surface area contributed by atoms with E-state index in [9.17, 15) is 9.90 Å². The van der Waals surface area contributed by atoms with Crippen molar-refractivity contribution in [2.75, 3.05) is 33.0 Å². The van der Waals surface area contributed by atoms with Crippen molar-refractivity contribution in [2.45, 2.75) is 25.2 Å². The van der Waals surface area contributed by atoms with Crippen LogP contribution >= 0.6 is 0 Å². The first-order chi connectivity index (χ1) is 9.08. The summed E-state index contributed by atoms with van der Waals surface area (Å²) in [4.78, 5) is 11.0. The molecule has 0 bridgehead atoms. The number of carbonyl (C=O) groups is 1. The maximum atomic E-state index is 11.0. The predicted molar refractivity (Wildman–Crippen MR) is 64.3 cm³/mol. The van der Waals surface area contributed by atoms with Crippen LogP contribution in [0.15, 0.2) is 12.3 Å². The summed E-state index contributed by atoms with van der Waals surface area (Å²) in [7, 11) is 0. The summed E-state index contributed by atoms with van der Waals surface area (Å²) >= 11 is 0. The highest BCUT2D eigenvalue weighted by Gasteiger charge is 2.22. The first kappa shape index (κ1) is 15.9. The molecule has 0 spiro atoms. The highest BCUT2D eigenvalue weighted by molar-refractivity contribution is 5.81. The number of hydrogen-bond donors (Lipinski definition) is 2. The Labute approximate surface area is 111 Å². The first-order valence-corrected chi connectivity index (χ1v) is 6.08. The molecule has 7 nitrogen and oxygen atoms in total. The standard InChI is InChI=1S/C12H20O7/c1-9(13)4-19-12(15)2-3-16-5-10(14)6-17-7-11-8-18-11/h2-3,9-11,13-14H,4-8H2,1H3. The van der Waals surface area contributed by atoms with Gasteiger partial charge in [-0.05, 0) is 6.92 Å². The molecule has 1 fully saturated rings. The van der Waals surface area contributed by atoms with E-state index in [1.165, 1.54) is 6.92 Å². The molecule has 0 amide bonds. The Balaban J connectivity index is 1.96. The van der Waals surface area contributed by atoms with Crippen molar-refractivity contribution in [3.05, 3.63) is 12.3 Å². The minimum Gasteiger partial charge on any atom is -0.498 e. The van der Waals surface area contributed by atoms with Gasteiger partial charge in [-0.3, -0.25) is 0 Å². The first-order valence-electron chi connectivity index (χ1n) is 6.08. The Kier molecular flexibility index (Phi) is 7.42. The van der Waals surface area contributed by atoms with Gasteiger partial charge in [0.25, 0.3) is 0 Å². The zero-order valence-electron chi connectivity index (χ0n) is 10.9. The van der Waals surface area contributed by atoms with E-state index >= 15 is 0 Å². The zero-order valence-corrected chi connectivity index (χ0v) is 10.9. The third-order valence-corrected chi connectivity index (χ3v) is 2.07. The van der Waals surface area contributed by atoms with Gasteiger partial charge in [0.1, 0.15) is 25.4 Å². The molecule has 110 valence electrons. The van der Waals surface area contributed by atoms with Crippen molar-refractivity contribution in [3.8, 4) is 0 Å². The van der Waals surface area contributed by atoms with Crippen LogP contribution in [0.4, 0.5) is 0 Å². The summed E-state index contributed by atoms with van der Waals surface area (Å²) in [5.74, 6) is -0.613. The van der Waals surface area contributed by atoms with Gasteiger partial charge in [0, 0.05) is 0 Å². The van der Waals surface area contributed by atoms with Crippen molar-refractivity contribution in [1.29, 1.82) is 0 Å². The fourth-order valence-corrected chi connectivity index (χ4v) is 1.07. The van der Waals surface area contributed by atoms with E-state index in [0.29, 0.717) is 13.2 Å². The molecule has 0 aliphatic carbocycles. The number of rotatable bonds is 10. The average Bonchev–Trinajstić information content (AvgIpc) is 3.16. The Hall–Kier alpha value is -1.15. The van der Waals surface area contributed by atoms with Crippen molar-refractivity contribution < 1.29 is 34.0 Å². The van der Waals surface area contributed by atoms with Crippen molar-refractivity contribution in [2.24, 2.45) is 0 Å². The number of ether oxygens (including phenoxy) is 4. The molecule has 2 N–H and O–H groups in total. The fourth-order valence-electron chi connectivity index (χ4n) is 1.07. The highest BCUT2D eigenvalue weighted by Crippen LogP contribution is 2.08. The number of aliphatic hydroxyl groups excluding tert-OH is 2. The summed E-state index contributed by atoms with van der Waals surface area (Å²) in [5.41, 5.74) is 0. The van der Waals surface area contributed by atoms with Gasteiger partial charge >= 0.3 is 5.97 Å². The summed E-state index contributed by atoms with van der Waals surface area (Å²) in [6, 6.07) is 0. The lowest BCUT2D eigenvalue weighted by Gasteiger charge is -2.09. The van der Waals surface area contributed by atoms with E-state index in [1.807, 2.05) is 0 Å². The Morgan fingerprint density at radius 2 is 2.16 bits per heavy atom. The van der Waals surface area contributed by atoms with Crippen LogP contribution in [0.1, 0.15) is 6.92 Å². The smallest absolute Gasteiger partial charge is 0.333 e. The highest BCUT2D eigenvalue weighted by atomic mass is 16.6. The number of carbonyl (C=O) groups excluding carboxylic acids is 1. The summed E-state index contributed by atoms with van der Waals surface area (Å²) in [6.07, 6.45) is 0.910. The van der Waals surface area contributed by atoms with E-state index < -0.39 is 18.2 Å². The molecule has 7 heteroatoms. The number of esters is 1. The normalized spacial score (nSPS) is 21.1. The third-order valence-electron chi connectivity index (χ3n) is 2.07. The van der Waals surface area contributed by atoms with Crippen LogP contribution in [-0.2, 0) is 23.7 Å². The largest absolute Gasteiger partial charge is 0.498 e. The predicted octanol–water partition coefficient (Wildman–Crippen LogP) is -0.783. The molecule has 1 aliphatic rings. The van der Waals surface area contributed by atoms with E-state index in [-0.39, 0.29) is 25.9 Å². The Morgan fingerprint density at radius 3 is 2.79 bits per heavy atom. The minimum absolute atomic E-state index is 0.0196. The zero-order chi connectivity index (χ0) is 14.1. The van der Waals surface area contributed by atoms with Crippen LogP contribution in [0.2, 0.25) is 0 Å². The topological polar surface area (TPSA) is 97.8 Å². The van der Waals surface area contributed by atoms with E-state index in [4.69, 9.17) is 19.3 Å². The van der Waals surface area contributed by atoms with Gasteiger partial charge < -0.3 is 29.2 Å². The molecule has 19 heavy (non-hydrogen) atoms. The van der Waals surface area contributed by atoms with Gasteiger partial charge in [-0.2, -0.15) is 0 Å². The average molecular weight is 276 g/mol. The second-order valence-corrected chi connectivity index (χ2v) is 4.26. The van der Waals surface area contributed by atoms with Crippen molar-refractivity contribution in [3.63, 3.8) is 0 Å². The minimum atomic E-state index is -0.767.